The van der Waals surface area contributed by atoms with E-state index < -0.39 is 0 Å². The van der Waals surface area contributed by atoms with Gasteiger partial charge in [0.25, 0.3) is 0 Å². The maximum absolute atomic E-state index is 5.37. The van der Waals surface area contributed by atoms with Crippen LogP contribution in [0.3, 0.4) is 0 Å². The Bertz CT molecular complexity index is 62.1. The van der Waals surface area contributed by atoms with Gasteiger partial charge in [-0.15, -0.1) is 17.0 Å². The lowest BCUT2D eigenvalue weighted by molar-refractivity contribution is 0.349. The summed E-state index contributed by atoms with van der Waals surface area (Å²) in [5.41, 5.74) is 5.37. The standard InChI is InChI=1S/C6H14N2.BrH/c7-3-6-8-4-1-2-5-8;/h1-7H2;1H. The zero-order valence-corrected chi connectivity index (χ0v) is 7.39. The van der Waals surface area contributed by atoms with E-state index in [2.05, 4.69) is 4.90 Å². The topological polar surface area (TPSA) is 29.3 Å². The van der Waals surface area contributed by atoms with Crippen molar-refractivity contribution in [1.82, 2.24) is 4.90 Å². The molecular formula is C6H15BrN2. The van der Waals surface area contributed by atoms with E-state index in [0.717, 1.165) is 13.1 Å². The average molecular weight is 195 g/mol. The SMILES string of the molecule is Br.NCCN1CCCC1. The van der Waals surface area contributed by atoms with Crippen molar-refractivity contribution in [2.24, 2.45) is 5.73 Å². The molecule has 0 aromatic rings. The number of likely N-dealkylation sites (tertiary alicyclic amines) is 1. The highest BCUT2D eigenvalue weighted by Crippen LogP contribution is 2.04. The summed E-state index contributed by atoms with van der Waals surface area (Å²) >= 11 is 0. The first-order valence-electron chi connectivity index (χ1n) is 3.36. The molecular weight excluding hydrogens is 180 g/mol. The van der Waals surface area contributed by atoms with Crippen molar-refractivity contribution >= 4 is 17.0 Å². The van der Waals surface area contributed by atoms with E-state index in [9.17, 15) is 0 Å². The van der Waals surface area contributed by atoms with Crippen LogP contribution >= 0.6 is 17.0 Å². The van der Waals surface area contributed by atoms with E-state index in [0.29, 0.717) is 0 Å². The summed E-state index contributed by atoms with van der Waals surface area (Å²) in [6.07, 6.45) is 2.75. The second-order valence-electron chi connectivity index (χ2n) is 2.34. The highest BCUT2D eigenvalue weighted by Gasteiger charge is 2.08. The highest BCUT2D eigenvalue weighted by molar-refractivity contribution is 8.93. The lowest BCUT2D eigenvalue weighted by atomic mass is 10.4. The van der Waals surface area contributed by atoms with Crippen LogP contribution in [0.4, 0.5) is 0 Å². The Balaban J connectivity index is 0.000000640. The fourth-order valence-electron chi connectivity index (χ4n) is 1.19. The van der Waals surface area contributed by atoms with Crippen molar-refractivity contribution in [3.05, 3.63) is 0 Å². The number of hydrogen-bond donors (Lipinski definition) is 1. The first-order chi connectivity index (χ1) is 3.93. The minimum Gasteiger partial charge on any atom is -0.329 e. The molecule has 0 saturated carbocycles. The molecule has 3 heteroatoms. The van der Waals surface area contributed by atoms with Crippen LogP contribution in [0.15, 0.2) is 0 Å². The second kappa shape index (κ2) is 5.21. The fourth-order valence-corrected chi connectivity index (χ4v) is 1.19. The first kappa shape index (κ1) is 9.40. The molecule has 56 valence electrons. The zero-order chi connectivity index (χ0) is 5.82. The highest BCUT2D eigenvalue weighted by atomic mass is 79.9. The van der Waals surface area contributed by atoms with Gasteiger partial charge in [-0.05, 0) is 25.9 Å². The second-order valence-corrected chi connectivity index (χ2v) is 2.34. The zero-order valence-electron chi connectivity index (χ0n) is 5.68. The molecule has 0 spiro atoms. The predicted octanol–water partition coefficient (Wildman–Crippen LogP) is 0.619. The maximum atomic E-state index is 5.37. The van der Waals surface area contributed by atoms with Crippen molar-refractivity contribution in [3.8, 4) is 0 Å². The van der Waals surface area contributed by atoms with Crippen LogP contribution in [-0.2, 0) is 0 Å². The Morgan fingerprint density at radius 2 is 1.78 bits per heavy atom. The van der Waals surface area contributed by atoms with Gasteiger partial charge in [0.1, 0.15) is 0 Å². The molecule has 0 amide bonds. The molecule has 0 aromatic heterocycles. The fraction of sp³-hybridized carbons (Fsp3) is 1.00. The van der Waals surface area contributed by atoms with E-state index >= 15 is 0 Å². The molecule has 2 nitrogen and oxygen atoms in total. The number of hydrogen-bond acceptors (Lipinski definition) is 2. The van der Waals surface area contributed by atoms with Crippen LogP contribution in [0.1, 0.15) is 12.8 Å². The number of rotatable bonds is 2. The Morgan fingerprint density at radius 1 is 1.22 bits per heavy atom. The van der Waals surface area contributed by atoms with Gasteiger partial charge >= 0.3 is 0 Å². The summed E-state index contributed by atoms with van der Waals surface area (Å²) in [6, 6.07) is 0. The lowest BCUT2D eigenvalue weighted by Gasteiger charge is -2.11. The minimum atomic E-state index is 0. The third-order valence-electron chi connectivity index (χ3n) is 1.64. The number of nitrogens with zero attached hydrogens (tertiary/aromatic N) is 1. The third-order valence-corrected chi connectivity index (χ3v) is 1.64. The molecule has 1 saturated heterocycles. The smallest absolute Gasteiger partial charge is 0.0105 e. The van der Waals surface area contributed by atoms with E-state index in [-0.39, 0.29) is 17.0 Å². The minimum absolute atomic E-state index is 0. The van der Waals surface area contributed by atoms with Gasteiger partial charge in [0.2, 0.25) is 0 Å². The summed E-state index contributed by atoms with van der Waals surface area (Å²) in [4.78, 5) is 2.42. The molecule has 0 aromatic carbocycles. The Hall–Kier alpha value is 0.400. The molecule has 0 radical (unpaired) electrons. The van der Waals surface area contributed by atoms with Crippen molar-refractivity contribution in [1.29, 1.82) is 0 Å². The van der Waals surface area contributed by atoms with Crippen LogP contribution in [0.25, 0.3) is 0 Å². The Kier molecular flexibility index (Phi) is 5.44. The van der Waals surface area contributed by atoms with Crippen molar-refractivity contribution < 1.29 is 0 Å². The monoisotopic (exact) mass is 194 g/mol. The largest absolute Gasteiger partial charge is 0.329 e. The van der Waals surface area contributed by atoms with Crippen LogP contribution in [0, 0.1) is 0 Å². The van der Waals surface area contributed by atoms with Crippen molar-refractivity contribution in [2.75, 3.05) is 26.2 Å². The van der Waals surface area contributed by atoms with Crippen LogP contribution in [0.2, 0.25) is 0 Å². The van der Waals surface area contributed by atoms with Crippen LogP contribution in [0.5, 0.6) is 0 Å². The van der Waals surface area contributed by atoms with Crippen molar-refractivity contribution in [2.45, 2.75) is 12.8 Å². The number of nitrogens with two attached hydrogens (primary N) is 1. The van der Waals surface area contributed by atoms with Crippen LogP contribution in [-0.4, -0.2) is 31.1 Å². The van der Waals surface area contributed by atoms with Gasteiger partial charge in [0.05, 0.1) is 0 Å². The van der Waals surface area contributed by atoms with Gasteiger partial charge in [0.15, 0.2) is 0 Å². The van der Waals surface area contributed by atoms with Gasteiger partial charge < -0.3 is 10.6 Å². The van der Waals surface area contributed by atoms with Gasteiger partial charge in [-0.25, -0.2) is 0 Å². The number of halogens is 1. The Morgan fingerprint density at radius 3 is 2.22 bits per heavy atom. The summed E-state index contributed by atoms with van der Waals surface area (Å²) in [5.74, 6) is 0. The quantitative estimate of drug-likeness (QED) is 0.699. The summed E-state index contributed by atoms with van der Waals surface area (Å²) in [5, 5.41) is 0. The summed E-state index contributed by atoms with van der Waals surface area (Å²) in [6.45, 7) is 4.47. The van der Waals surface area contributed by atoms with Gasteiger partial charge in [-0.2, -0.15) is 0 Å². The normalized spacial score (nSPS) is 19.7. The molecule has 1 fully saturated rings. The molecule has 1 aliphatic rings. The lowest BCUT2D eigenvalue weighted by Crippen LogP contribution is -2.26. The maximum Gasteiger partial charge on any atom is 0.0105 e. The van der Waals surface area contributed by atoms with Gasteiger partial charge in [0, 0.05) is 13.1 Å². The molecule has 0 bridgehead atoms. The molecule has 0 unspecified atom stereocenters. The van der Waals surface area contributed by atoms with Crippen molar-refractivity contribution in [3.63, 3.8) is 0 Å². The molecule has 2 N–H and O–H groups in total. The summed E-state index contributed by atoms with van der Waals surface area (Å²) in [7, 11) is 0. The molecule has 1 rings (SSSR count). The predicted molar refractivity (Wildman–Crippen MR) is 45.1 cm³/mol. The van der Waals surface area contributed by atoms with E-state index in [4.69, 9.17) is 5.73 Å². The van der Waals surface area contributed by atoms with Crippen LogP contribution < -0.4 is 5.73 Å². The van der Waals surface area contributed by atoms with E-state index in [1.807, 2.05) is 0 Å². The average Bonchev–Trinajstić information content (AvgIpc) is 2.19. The van der Waals surface area contributed by atoms with E-state index in [1.54, 1.807) is 0 Å². The summed E-state index contributed by atoms with van der Waals surface area (Å²) < 4.78 is 0. The molecule has 1 aliphatic heterocycles. The van der Waals surface area contributed by atoms with Gasteiger partial charge in [-0.3, -0.25) is 0 Å². The van der Waals surface area contributed by atoms with Gasteiger partial charge in [-0.1, -0.05) is 0 Å². The molecule has 0 aliphatic carbocycles. The Labute approximate surface area is 67.2 Å². The molecule has 1 heterocycles. The van der Waals surface area contributed by atoms with E-state index in [1.165, 1.54) is 25.9 Å². The molecule has 0 atom stereocenters. The first-order valence-corrected chi connectivity index (χ1v) is 3.36. The molecule has 9 heavy (non-hydrogen) atoms. The third kappa shape index (κ3) is 3.18.